The Balaban J connectivity index is 0.00000142. The van der Waals surface area contributed by atoms with Crippen molar-refractivity contribution in [2.45, 2.75) is 30.9 Å². The summed E-state index contributed by atoms with van der Waals surface area (Å²) in [5.41, 5.74) is 11.8. The van der Waals surface area contributed by atoms with Gasteiger partial charge >= 0.3 is 0 Å². The summed E-state index contributed by atoms with van der Waals surface area (Å²) < 4.78 is 3.78. The number of nitrogens with zero attached hydrogens (tertiary/aromatic N) is 8. The summed E-state index contributed by atoms with van der Waals surface area (Å²) in [5.74, 6) is 2.27. The Morgan fingerprint density at radius 3 is 2.62 bits per heavy atom. The standard InChI is InChI=1S/C28H25N9S.C2H6/c1-35-10-7-23(34-35)22-15-37(28-26(22)27(29)31-17-32-28)20-11-18(13-30-14-20)16-38-21-5-3-19-4-6-25(33-24(19)12-21)36-8-2-9-36;1-2/h3-7,10-15,17H,2,8-9,16H2,1H3,(H2,29,31,32);1-2H3. The lowest BCUT2D eigenvalue weighted by Gasteiger charge is -2.32. The Labute approximate surface area is 237 Å². The van der Waals surface area contributed by atoms with Gasteiger partial charge in [0.15, 0.2) is 5.65 Å². The van der Waals surface area contributed by atoms with Crippen LogP contribution >= 0.6 is 11.8 Å². The summed E-state index contributed by atoms with van der Waals surface area (Å²) >= 11 is 1.78. The first kappa shape index (κ1) is 25.8. The van der Waals surface area contributed by atoms with E-state index in [1.165, 1.54) is 17.6 Å². The van der Waals surface area contributed by atoms with Crippen LogP contribution in [0, 0.1) is 0 Å². The van der Waals surface area contributed by atoms with E-state index in [0.29, 0.717) is 5.82 Å². The average Bonchev–Trinajstić information content (AvgIpc) is 3.56. The SMILES string of the molecule is CC.Cn1ccc(-c2cn(-c3cncc(CSc4ccc5ccc(N6CCC6)nc5c4)c3)c3ncnc(N)c23)n1. The van der Waals surface area contributed by atoms with Crippen LogP contribution in [-0.2, 0) is 12.8 Å². The number of nitrogens with two attached hydrogens (primary N) is 1. The molecule has 0 amide bonds. The number of fused-ring (bicyclic) bond motifs is 2. The molecule has 0 radical (unpaired) electrons. The first-order chi connectivity index (χ1) is 19.6. The molecule has 40 heavy (non-hydrogen) atoms. The average molecular weight is 550 g/mol. The molecule has 0 saturated carbocycles. The Bertz CT molecular complexity index is 1800. The zero-order valence-electron chi connectivity index (χ0n) is 22.8. The monoisotopic (exact) mass is 549 g/mol. The molecule has 0 atom stereocenters. The predicted octanol–water partition coefficient (Wildman–Crippen LogP) is 5.88. The molecular weight excluding hydrogens is 518 g/mol. The molecule has 9 nitrogen and oxygen atoms in total. The van der Waals surface area contributed by atoms with Crippen molar-refractivity contribution in [3.8, 4) is 16.9 Å². The van der Waals surface area contributed by atoms with Crippen molar-refractivity contribution in [1.29, 1.82) is 0 Å². The third kappa shape index (κ3) is 4.86. The minimum absolute atomic E-state index is 0.427. The first-order valence-corrected chi connectivity index (χ1v) is 14.5. The minimum Gasteiger partial charge on any atom is -0.383 e. The second kappa shape index (κ2) is 11.0. The van der Waals surface area contributed by atoms with E-state index < -0.39 is 0 Å². The van der Waals surface area contributed by atoms with E-state index in [-0.39, 0.29) is 0 Å². The molecule has 1 aromatic carbocycles. The summed E-state index contributed by atoms with van der Waals surface area (Å²) in [7, 11) is 1.89. The second-order valence-electron chi connectivity index (χ2n) is 9.45. The maximum absolute atomic E-state index is 6.29. The van der Waals surface area contributed by atoms with Gasteiger partial charge in [-0.3, -0.25) is 14.2 Å². The van der Waals surface area contributed by atoms with Gasteiger partial charge in [-0.2, -0.15) is 5.10 Å². The highest BCUT2D eigenvalue weighted by atomic mass is 32.2. The zero-order valence-corrected chi connectivity index (χ0v) is 23.6. The number of benzene rings is 1. The molecule has 2 N–H and O–H groups in total. The number of thioether (sulfide) groups is 1. The van der Waals surface area contributed by atoms with Gasteiger partial charge in [0.2, 0.25) is 0 Å². The topological polar surface area (TPSA) is 104 Å². The lowest BCUT2D eigenvalue weighted by atomic mass is 10.2. The van der Waals surface area contributed by atoms with Gasteiger partial charge in [-0.25, -0.2) is 15.0 Å². The number of hydrogen-bond donors (Lipinski definition) is 1. The molecule has 1 saturated heterocycles. The van der Waals surface area contributed by atoms with Crippen molar-refractivity contribution in [3.05, 3.63) is 79.1 Å². The number of aromatic nitrogens is 7. The fourth-order valence-corrected chi connectivity index (χ4v) is 5.63. The van der Waals surface area contributed by atoms with Crippen LogP contribution in [0.4, 0.5) is 11.6 Å². The second-order valence-corrected chi connectivity index (χ2v) is 10.5. The van der Waals surface area contributed by atoms with Crippen molar-refractivity contribution >= 4 is 45.3 Å². The Hall–Kier alpha value is -4.44. The largest absolute Gasteiger partial charge is 0.383 e. The lowest BCUT2D eigenvalue weighted by molar-refractivity contribution is 0.611. The smallest absolute Gasteiger partial charge is 0.150 e. The fourth-order valence-electron chi connectivity index (χ4n) is 4.78. The van der Waals surface area contributed by atoms with Crippen molar-refractivity contribution in [2.24, 2.45) is 7.05 Å². The Morgan fingerprint density at radius 1 is 1.00 bits per heavy atom. The lowest BCUT2D eigenvalue weighted by Crippen LogP contribution is -2.37. The molecule has 0 unspecified atom stereocenters. The van der Waals surface area contributed by atoms with Crippen LogP contribution in [0.2, 0.25) is 0 Å². The first-order valence-electron chi connectivity index (χ1n) is 13.5. The van der Waals surface area contributed by atoms with Crippen LogP contribution in [0.15, 0.2) is 78.5 Å². The van der Waals surface area contributed by atoms with Crippen LogP contribution in [0.1, 0.15) is 25.8 Å². The molecule has 0 aliphatic carbocycles. The Morgan fingerprint density at radius 2 is 1.85 bits per heavy atom. The number of nitrogen functional groups attached to an aromatic ring is 1. The van der Waals surface area contributed by atoms with E-state index in [1.54, 1.807) is 16.4 Å². The van der Waals surface area contributed by atoms with Gasteiger partial charge in [-0.1, -0.05) is 19.9 Å². The van der Waals surface area contributed by atoms with E-state index >= 15 is 0 Å². The van der Waals surface area contributed by atoms with Crippen molar-refractivity contribution in [3.63, 3.8) is 0 Å². The van der Waals surface area contributed by atoms with Gasteiger partial charge in [0.1, 0.15) is 18.0 Å². The van der Waals surface area contributed by atoms with E-state index in [2.05, 4.69) is 61.3 Å². The van der Waals surface area contributed by atoms with Crippen LogP contribution < -0.4 is 10.6 Å². The van der Waals surface area contributed by atoms with Crippen LogP contribution in [0.5, 0.6) is 0 Å². The normalized spacial score (nSPS) is 12.8. The van der Waals surface area contributed by atoms with Crippen LogP contribution in [-0.4, -0.2) is 47.4 Å². The Kier molecular flexibility index (Phi) is 7.08. The predicted molar refractivity (Wildman–Crippen MR) is 163 cm³/mol. The zero-order chi connectivity index (χ0) is 27.6. The third-order valence-electron chi connectivity index (χ3n) is 6.89. The summed E-state index contributed by atoms with van der Waals surface area (Å²) in [6.07, 6.45) is 10.4. The molecule has 1 aliphatic rings. The van der Waals surface area contributed by atoms with Crippen molar-refractivity contribution in [2.75, 3.05) is 23.7 Å². The number of rotatable bonds is 6. The van der Waals surface area contributed by atoms with Gasteiger partial charge in [0.05, 0.1) is 28.5 Å². The minimum atomic E-state index is 0.427. The van der Waals surface area contributed by atoms with Gasteiger partial charge in [-0.05, 0) is 48.4 Å². The van der Waals surface area contributed by atoms with Crippen molar-refractivity contribution in [1.82, 2.24) is 34.3 Å². The van der Waals surface area contributed by atoms with E-state index in [4.69, 9.17) is 10.7 Å². The quantitative estimate of drug-likeness (QED) is 0.257. The van der Waals surface area contributed by atoms with Crippen LogP contribution in [0.3, 0.4) is 0 Å². The number of hydrogen-bond acceptors (Lipinski definition) is 8. The highest BCUT2D eigenvalue weighted by Gasteiger charge is 2.18. The molecule has 6 aromatic rings. The summed E-state index contributed by atoms with van der Waals surface area (Å²) in [4.78, 5) is 21.7. The van der Waals surface area contributed by atoms with Crippen LogP contribution in [0.25, 0.3) is 38.9 Å². The van der Waals surface area contributed by atoms with E-state index in [0.717, 1.165) is 69.1 Å². The molecule has 7 rings (SSSR count). The molecule has 5 aromatic heterocycles. The summed E-state index contributed by atoms with van der Waals surface area (Å²) in [5, 5.41) is 6.51. The van der Waals surface area contributed by atoms with E-state index in [1.807, 2.05) is 56.3 Å². The fraction of sp³-hybridized carbons (Fsp3) is 0.233. The highest BCUT2D eigenvalue weighted by Crippen LogP contribution is 2.34. The summed E-state index contributed by atoms with van der Waals surface area (Å²) in [6.45, 7) is 6.18. The molecule has 1 aliphatic heterocycles. The molecule has 0 bridgehead atoms. The third-order valence-corrected chi connectivity index (χ3v) is 7.96. The van der Waals surface area contributed by atoms with Gasteiger partial charge < -0.3 is 10.6 Å². The molecule has 1 fully saturated rings. The highest BCUT2D eigenvalue weighted by molar-refractivity contribution is 7.98. The number of aryl methyl sites for hydroxylation is 1. The van der Waals surface area contributed by atoms with Gasteiger partial charge in [0, 0.05) is 60.3 Å². The maximum Gasteiger partial charge on any atom is 0.150 e. The molecule has 10 heteroatoms. The number of pyridine rings is 2. The molecule has 0 spiro atoms. The van der Waals surface area contributed by atoms with Gasteiger partial charge in [-0.15, -0.1) is 11.8 Å². The van der Waals surface area contributed by atoms with Gasteiger partial charge in [0.25, 0.3) is 0 Å². The van der Waals surface area contributed by atoms with E-state index in [9.17, 15) is 0 Å². The van der Waals surface area contributed by atoms with Crippen molar-refractivity contribution < 1.29 is 0 Å². The molecule has 202 valence electrons. The summed E-state index contributed by atoms with van der Waals surface area (Å²) in [6, 6.07) is 14.9. The molecular formula is C30H31N9S. The number of anilines is 2. The molecule has 6 heterocycles. The maximum atomic E-state index is 6.29.